The van der Waals surface area contributed by atoms with Gasteiger partial charge in [-0.25, -0.2) is 0 Å². The Bertz CT molecular complexity index is 720. The average molecular weight is 361 g/mol. The summed E-state index contributed by atoms with van der Waals surface area (Å²) < 4.78 is 5.81. The van der Waals surface area contributed by atoms with Crippen LogP contribution in [0.5, 0.6) is 0 Å². The van der Waals surface area contributed by atoms with Gasteiger partial charge in [0.1, 0.15) is 5.73 Å². The molecule has 0 aliphatic carbocycles. The van der Waals surface area contributed by atoms with E-state index in [2.05, 4.69) is 86.6 Å². The first kappa shape index (κ1) is 18.1. The molecule has 0 radical (unpaired) electrons. The van der Waals surface area contributed by atoms with Gasteiger partial charge in [0.2, 0.25) is 0 Å². The monoisotopic (exact) mass is 360 g/mol. The lowest BCUT2D eigenvalue weighted by molar-refractivity contribution is -0.131. The molecule has 0 aliphatic heterocycles. The van der Waals surface area contributed by atoms with Crippen molar-refractivity contribution in [3.8, 4) is 0 Å². The van der Waals surface area contributed by atoms with Crippen LogP contribution in [0.2, 0.25) is 0 Å². The molecule has 1 atom stereocenters. The third kappa shape index (κ3) is 3.23. The van der Waals surface area contributed by atoms with Crippen molar-refractivity contribution < 1.29 is 9.53 Å². The zero-order chi connectivity index (χ0) is 18.4. The molecule has 0 aromatic heterocycles. The second-order valence-corrected chi connectivity index (χ2v) is 10.7. The largest absolute Gasteiger partial charge is 0.467 e. The Hall–Kier alpha value is -2.65. The van der Waals surface area contributed by atoms with E-state index in [0.717, 1.165) is 0 Å². The van der Waals surface area contributed by atoms with Crippen LogP contribution in [0, 0.1) is 5.92 Å². The maximum Gasteiger partial charge on any atom is 0.293 e. The van der Waals surface area contributed by atoms with E-state index in [-0.39, 0.29) is 11.6 Å². The Morgan fingerprint density at radius 2 is 1.04 bits per heavy atom. The second kappa shape index (κ2) is 8.15. The normalized spacial score (nSPS) is 12.6. The summed E-state index contributed by atoms with van der Waals surface area (Å²) in [4.78, 5) is 11.5. The Kier molecular flexibility index (Phi) is 5.69. The van der Waals surface area contributed by atoms with Crippen molar-refractivity contribution in [2.24, 2.45) is 5.92 Å². The predicted octanol–water partition coefficient (Wildman–Crippen LogP) is 2.89. The van der Waals surface area contributed by atoms with Crippen molar-refractivity contribution in [1.82, 2.24) is 0 Å². The molecule has 0 spiro atoms. The topological polar surface area (TPSA) is 26.3 Å². The SMILES string of the molecule is CC(C)C(OC=O)[Si](c1ccccc1)(c1ccccc1)c1ccccc1. The van der Waals surface area contributed by atoms with Crippen molar-refractivity contribution in [1.29, 1.82) is 0 Å². The molecule has 0 aliphatic rings. The Labute approximate surface area is 156 Å². The summed E-state index contributed by atoms with van der Waals surface area (Å²) in [7, 11) is -2.59. The van der Waals surface area contributed by atoms with Gasteiger partial charge in [-0.3, -0.25) is 4.79 Å². The number of carbonyl (C=O) groups is 1. The van der Waals surface area contributed by atoms with E-state index in [1.165, 1.54) is 15.6 Å². The second-order valence-electron chi connectivity index (χ2n) is 6.80. The Balaban J connectivity index is 2.40. The van der Waals surface area contributed by atoms with Gasteiger partial charge in [0.05, 0.1) is 0 Å². The zero-order valence-corrected chi connectivity index (χ0v) is 16.2. The molecule has 1 unspecified atom stereocenters. The molecule has 0 bridgehead atoms. The number of hydrogen-bond donors (Lipinski definition) is 0. The quantitative estimate of drug-likeness (QED) is 0.368. The van der Waals surface area contributed by atoms with Gasteiger partial charge in [-0.15, -0.1) is 0 Å². The van der Waals surface area contributed by atoms with Crippen LogP contribution in [-0.2, 0) is 9.53 Å². The van der Waals surface area contributed by atoms with E-state index in [1.807, 2.05) is 18.2 Å². The van der Waals surface area contributed by atoms with Crippen LogP contribution in [0.4, 0.5) is 0 Å². The molecule has 3 aromatic rings. The molecular weight excluding hydrogens is 336 g/mol. The van der Waals surface area contributed by atoms with Gasteiger partial charge in [-0.05, 0) is 21.5 Å². The fourth-order valence-corrected chi connectivity index (χ4v) is 9.31. The number of ether oxygens (including phenoxy) is 1. The average Bonchev–Trinajstić information content (AvgIpc) is 2.70. The summed E-state index contributed by atoms with van der Waals surface area (Å²) in [5.74, 6) is 0.187. The summed E-state index contributed by atoms with van der Waals surface area (Å²) in [6, 6.07) is 31.6. The summed E-state index contributed by atoms with van der Waals surface area (Å²) in [6.45, 7) is 4.87. The molecule has 0 saturated carbocycles. The standard InChI is InChI=1S/C23H24O2Si/c1-19(2)23(25-18-24)26(20-12-6-3-7-13-20,21-14-8-4-9-15-21)22-16-10-5-11-17-22/h3-19,23H,1-2H3. The third-order valence-corrected chi connectivity index (χ3v) is 10.3. The lowest BCUT2D eigenvalue weighted by Crippen LogP contribution is -2.75. The van der Waals surface area contributed by atoms with Crippen molar-refractivity contribution in [3.63, 3.8) is 0 Å². The molecule has 3 aromatic carbocycles. The van der Waals surface area contributed by atoms with E-state index in [9.17, 15) is 4.79 Å². The first-order valence-corrected chi connectivity index (χ1v) is 11.0. The molecule has 3 heteroatoms. The number of benzene rings is 3. The van der Waals surface area contributed by atoms with Crippen LogP contribution in [0.3, 0.4) is 0 Å². The first-order chi connectivity index (χ1) is 12.7. The van der Waals surface area contributed by atoms with Gasteiger partial charge >= 0.3 is 0 Å². The summed E-state index contributed by atoms with van der Waals surface area (Å²) in [5.41, 5.74) is -0.202. The highest BCUT2D eigenvalue weighted by Crippen LogP contribution is 2.21. The number of hydrogen-bond acceptors (Lipinski definition) is 2. The highest BCUT2D eigenvalue weighted by Gasteiger charge is 2.49. The van der Waals surface area contributed by atoms with Gasteiger partial charge in [0.15, 0.2) is 8.07 Å². The first-order valence-electron chi connectivity index (χ1n) is 8.97. The molecular formula is C23H24O2Si. The molecule has 3 rings (SSSR count). The lowest BCUT2D eigenvalue weighted by Gasteiger charge is -2.41. The molecule has 0 amide bonds. The summed E-state index contributed by atoms with van der Waals surface area (Å²) in [5, 5.41) is 3.74. The molecule has 2 nitrogen and oxygen atoms in total. The van der Waals surface area contributed by atoms with Crippen molar-refractivity contribution in [2.75, 3.05) is 0 Å². The number of carbonyl (C=O) groups excluding carboxylic acids is 1. The van der Waals surface area contributed by atoms with Gasteiger partial charge in [-0.1, -0.05) is 105 Å². The van der Waals surface area contributed by atoms with E-state index in [0.29, 0.717) is 6.47 Å². The summed E-state index contributed by atoms with van der Waals surface area (Å²) in [6.07, 6.45) is 0. The van der Waals surface area contributed by atoms with E-state index >= 15 is 0 Å². The van der Waals surface area contributed by atoms with E-state index in [1.54, 1.807) is 0 Å². The van der Waals surface area contributed by atoms with Crippen LogP contribution >= 0.6 is 0 Å². The van der Waals surface area contributed by atoms with Crippen molar-refractivity contribution >= 4 is 30.1 Å². The van der Waals surface area contributed by atoms with E-state index in [4.69, 9.17) is 4.74 Å². The van der Waals surface area contributed by atoms with Gasteiger partial charge in [-0.2, -0.15) is 0 Å². The maximum absolute atomic E-state index is 11.5. The minimum Gasteiger partial charge on any atom is -0.467 e. The molecule has 0 saturated heterocycles. The molecule has 0 N–H and O–H groups in total. The van der Waals surface area contributed by atoms with Crippen LogP contribution < -0.4 is 15.6 Å². The molecule has 132 valence electrons. The van der Waals surface area contributed by atoms with Crippen LogP contribution in [0.25, 0.3) is 0 Å². The van der Waals surface area contributed by atoms with E-state index < -0.39 is 8.07 Å². The van der Waals surface area contributed by atoms with Crippen LogP contribution in [-0.4, -0.2) is 20.3 Å². The highest BCUT2D eigenvalue weighted by atomic mass is 28.3. The molecule has 0 fully saturated rings. The lowest BCUT2D eigenvalue weighted by atomic mass is 10.2. The predicted molar refractivity (Wildman–Crippen MR) is 110 cm³/mol. The zero-order valence-electron chi connectivity index (χ0n) is 15.2. The van der Waals surface area contributed by atoms with Gasteiger partial charge in [0, 0.05) is 0 Å². The fourth-order valence-electron chi connectivity index (χ4n) is 3.91. The minimum absolute atomic E-state index is 0.187. The smallest absolute Gasteiger partial charge is 0.293 e. The fraction of sp³-hybridized carbons (Fsp3) is 0.174. The van der Waals surface area contributed by atoms with Crippen LogP contribution in [0.15, 0.2) is 91.0 Å². The highest BCUT2D eigenvalue weighted by molar-refractivity contribution is 7.12. The molecule has 0 heterocycles. The summed E-state index contributed by atoms with van der Waals surface area (Å²) >= 11 is 0. The van der Waals surface area contributed by atoms with Gasteiger partial charge in [0.25, 0.3) is 6.47 Å². The maximum atomic E-state index is 11.5. The number of rotatable bonds is 7. The molecule has 26 heavy (non-hydrogen) atoms. The Morgan fingerprint density at radius 1 is 0.692 bits per heavy atom. The third-order valence-electron chi connectivity index (χ3n) is 4.92. The van der Waals surface area contributed by atoms with Crippen molar-refractivity contribution in [3.05, 3.63) is 91.0 Å². The minimum atomic E-state index is -2.59. The Morgan fingerprint density at radius 3 is 1.31 bits per heavy atom. The van der Waals surface area contributed by atoms with Crippen LogP contribution in [0.1, 0.15) is 13.8 Å². The van der Waals surface area contributed by atoms with Crippen molar-refractivity contribution in [2.45, 2.75) is 19.6 Å². The van der Waals surface area contributed by atoms with Gasteiger partial charge < -0.3 is 4.74 Å².